The van der Waals surface area contributed by atoms with Crippen LogP contribution in [-0.4, -0.2) is 46.0 Å². The lowest BCUT2D eigenvalue weighted by Crippen LogP contribution is -2.43. The zero-order valence-electron chi connectivity index (χ0n) is 11.3. The number of aromatic nitrogens is 2. The molecule has 0 spiro atoms. The molecule has 1 aliphatic rings. The fourth-order valence-corrected chi connectivity index (χ4v) is 2.50. The number of methoxy groups -OCH3 is 1. The number of esters is 1. The molecule has 0 radical (unpaired) electrons. The summed E-state index contributed by atoms with van der Waals surface area (Å²) in [4.78, 5) is 29.6. The van der Waals surface area contributed by atoms with Gasteiger partial charge in [-0.05, 0) is 12.8 Å². The molecule has 0 unspecified atom stereocenters. The second kappa shape index (κ2) is 5.86. The van der Waals surface area contributed by atoms with Gasteiger partial charge in [0.25, 0.3) is 5.91 Å². The molecule has 1 fully saturated rings. The topological polar surface area (TPSA) is 64.4 Å². The molecule has 1 aliphatic carbocycles. The molecule has 0 bridgehead atoms. The van der Waals surface area contributed by atoms with Gasteiger partial charge < -0.3 is 14.2 Å². The molecular weight excluding hydrogens is 246 g/mol. The van der Waals surface area contributed by atoms with Crippen molar-refractivity contribution in [3.63, 3.8) is 0 Å². The van der Waals surface area contributed by atoms with Crippen molar-refractivity contribution < 1.29 is 14.3 Å². The average Bonchev–Trinajstić information content (AvgIpc) is 3.05. The SMILES string of the molecule is COC(=O)CN(C(=O)c1cncn1C)C1CCCC1. The molecule has 0 aromatic carbocycles. The summed E-state index contributed by atoms with van der Waals surface area (Å²) in [5.74, 6) is -0.542. The average molecular weight is 265 g/mol. The lowest BCUT2D eigenvalue weighted by atomic mass is 10.2. The van der Waals surface area contributed by atoms with E-state index in [9.17, 15) is 9.59 Å². The highest BCUT2D eigenvalue weighted by atomic mass is 16.5. The van der Waals surface area contributed by atoms with Gasteiger partial charge in [-0.15, -0.1) is 0 Å². The van der Waals surface area contributed by atoms with E-state index in [2.05, 4.69) is 9.72 Å². The molecule has 1 amide bonds. The minimum atomic E-state index is -0.387. The highest BCUT2D eigenvalue weighted by Gasteiger charge is 2.30. The minimum absolute atomic E-state index is 0.00514. The van der Waals surface area contributed by atoms with Crippen LogP contribution >= 0.6 is 0 Å². The lowest BCUT2D eigenvalue weighted by Gasteiger charge is -2.27. The second-order valence-corrected chi connectivity index (χ2v) is 4.84. The van der Waals surface area contributed by atoms with Crippen LogP contribution in [0.3, 0.4) is 0 Å². The summed E-state index contributed by atoms with van der Waals surface area (Å²) in [7, 11) is 3.11. The highest BCUT2D eigenvalue weighted by molar-refractivity contribution is 5.94. The van der Waals surface area contributed by atoms with Crippen LogP contribution in [-0.2, 0) is 16.6 Å². The van der Waals surface area contributed by atoms with Crippen LogP contribution in [0.4, 0.5) is 0 Å². The van der Waals surface area contributed by atoms with Gasteiger partial charge in [0.15, 0.2) is 0 Å². The summed E-state index contributed by atoms with van der Waals surface area (Å²) in [6.45, 7) is 0.00514. The molecule has 1 aromatic rings. The summed E-state index contributed by atoms with van der Waals surface area (Å²) >= 11 is 0. The number of carbonyl (C=O) groups is 2. The maximum atomic E-state index is 12.5. The lowest BCUT2D eigenvalue weighted by molar-refractivity contribution is -0.141. The van der Waals surface area contributed by atoms with Crippen LogP contribution in [0, 0.1) is 0 Å². The van der Waals surface area contributed by atoms with E-state index in [-0.39, 0.29) is 24.5 Å². The fraction of sp³-hybridized carbons (Fsp3) is 0.615. The van der Waals surface area contributed by atoms with Crippen LogP contribution in [0.15, 0.2) is 12.5 Å². The second-order valence-electron chi connectivity index (χ2n) is 4.84. The number of ether oxygens (including phenoxy) is 1. The molecule has 104 valence electrons. The minimum Gasteiger partial charge on any atom is -0.468 e. The summed E-state index contributed by atoms with van der Waals surface area (Å²) in [6, 6.07) is 0.126. The molecule has 2 rings (SSSR count). The third-order valence-corrected chi connectivity index (χ3v) is 3.59. The summed E-state index contributed by atoms with van der Waals surface area (Å²) in [5, 5.41) is 0. The third kappa shape index (κ3) is 2.94. The quantitative estimate of drug-likeness (QED) is 0.761. The first-order valence-corrected chi connectivity index (χ1v) is 6.47. The van der Waals surface area contributed by atoms with Crippen molar-refractivity contribution in [1.82, 2.24) is 14.5 Å². The monoisotopic (exact) mass is 265 g/mol. The molecular formula is C13H19N3O3. The Morgan fingerprint density at radius 1 is 1.47 bits per heavy atom. The van der Waals surface area contributed by atoms with Gasteiger partial charge in [0.05, 0.1) is 19.6 Å². The van der Waals surface area contributed by atoms with E-state index >= 15 is 0 Å². The Bertz CT molecular complexity index is 463. The van der Waals surface area contributed by atoms with E-state index in [1.807, 2.05) is 0 Å². The molecule has 1 saturated carbocycles. The standard InChI is InChI=1S/C13H19N3O3/c1-15-9-14-7-11(15)13(18)16(8-12(17)19-2)10-5-3-4-6-10/h7,9-10H,3-6,8H2,1-2H3. The predicted octanol–water partition coefficient (Wildman–Crippen LogP) is 0.978. The molecule has 0 atom stereocenters. The van der Waals surface area contributed by atoms with Crippen molar-refractivity contribution in [2.45, 2.75) is 31.7 Å². The number of aryl methyl sites for hydroxylation is 1. The number of amides is 1. The first-order chi connectivity index (χ1) is 9.13. The zero-order chi connectivity index (χ0) is 13.8. The third-order valence-electron chi connectivity index (χ3n) is 3.59. The van der Waals surface area contributed by atoms with E-state index in [4.69, 9.17) is 0 Å². The molecule has 19 heavy (non-hydrogen) atoms. The van der Waals surface area contributed by atoms with Gasteiger partial charge in [0, 0.05) is 13.1 Å². The Morgan fingerprint density at radius 2 is 2.16 bits per heavy atom. The molecule has 0 N–H and O–H groups in total. The van der Waals surface area contributed by atoms with Crippen LogP contribution in [0.2, 0.25) is 0 Å². The van der Waals surface area contributed by atoms with Crippen molar-refractivity contribution in [1.29, 1.82) is 0 Å². The summed E-state index contributed by atoms with van der Waals surface area (Å²) in [6.07, 6.45) is 7.20. The van der Waals surface area contributed by atoms with Crippen LogP contribution < -0.4 is 0 Å². The Labute approximate surface area is 112 Å². The van der Waals surface area contributed by atoms with E-state index in [1.165, 1.54) is 13.3 Å². The molecule has 0 aliphatic heterocycles. The Hall–Kier alpha value is -1.85. The van der Waals surface area contributed by atoms with Gasteiger partial charge in [-0.25, -0.2) is 4.98 Å². The van der Waals surface area contributed by atoms with Gasteiger partial charge in [-0.3, -0.25) is 9.59 Å². The first kappa shape index (κ1) is 13.6. The number of carbonyl (C=O) groups excluding carboxylic acids is 2. The van der Waals surface area contributed by atoms with Crippen LogP contribution in [0.25, 0.3) is 0 Å². The van der Waals surface area contributed by atoms with Gasteiger partial charge >= 0.3 is 5.97 Å². The fourth-order valence-electron chi connectivity index (χ4n) is 2.50. The van der Waals surface area contributed by atoms with Crippen LogP contribution in [0.5, 0.6) is 0 Å². The first-order valence-electron chi connectivity index (χ1n) is 6.47. The predicted molar refractivity (Wildman–Crippen MR) is 68.5 cm³/mol. The summed E-state index contributed by atoms with van der Waals surface area (Å²) < 4.78 is 6.35. The van der Waals surface area contributed by atoms with Crippen molar-refractivity contribution in [2.75, 3.05) is 13.7 Å². The van der Waals surface area contributed by atoms with E-state index in [0.717, 1.165) is 25.7 Å². The van der Waals surface area contributed by atoms with Crippen molar-refractivity contribution in [2.24, 2.45) is 7.05 Å². The van der Waals surface area contributed by atoms with Gasteiger partial charge in [0.1, 0.15) is 12.2 Å². The van der Waals surface area contributed by atoms with Gasteiger partial charge in [-0.2, -0.15) is 0 Å². The Morgan fingerprint density at radius 3 is 2.68 bits per heavy atom. The van der Waals surface area contributed by atoms with Crippen molar-refractivity contribution in [3.8, 4) is 0 Å². The van der Waals surface area contributed by atoms with Crippen molar-refractivity contribution in [3.05, 3.63) is 18.2 Å². The van der Waals surface area contributed by atoms with E-state index in [1.54, 1.807) is 22.8 Å². The van der Waals surface area contributed by atoms with Gasteiger partial charge in [0.2, 0.25) is 0 Å². The Kier molecular flexibility index (Phi) is 4.19. The molecule has 1 heterocycles. The summed E-state index contributed by atoms with van der Waals surface area (Å²) in [5.41, 5.74) is 0.496. The molecule has 0 saturated heterocycles. The number of imidazole rings is 1. The number of nitrogens with zero attached hydrogens (tertiary/aromatic N) is 3. The molecule has 6 nitrogen and oxygen atoms in total. The number of hydrogen-bond acceptors (Lipinski definition) is 4. The van der Waals surface area contributed by atoms with Crippen LogP contribution in [0.1, 0.15) is 36.2 Å². The largest absolute Gasteiger partial charge is 0.468 e. The van der Waals surface area contributed by atoms with Crippen molar-refractivity contribution >= 4 is 11.9 Å². The van der Waals surface area contributed by atoms with E-state index < -0.39 is 0 Å². The number of hydrogen-bond donors (Lipinski definition) is 0. The number of rotatable bonds is 4. The normalized spacial score (nSPS) is 15.5. The molecule has 1 aromatic heterocycles. The smallest absolute Gasteiger partial charge is 0.325 e. The maximum absolute atomic E-state index is 12.5. The highest BCUT2D eigenvalue weighted by Crippen LogP contribution is 2.24. The van der Waals surface area contributed by atoms with Gasteiger partial charge in [-0.1, -0.05) is 12.8 Å². The van der Waals surface area contributed by atoms with E-state index in [0.29, 0.717) is 5.69 Å². The maximum Gasteiger partial charge on any atom is 0.325 e. The zero-order valence-corrected chi connectivity index (χ0v) is 11.3. The molecule has 6 heteroatoms. The Balaban J connectivity index is 2.18.